The predicted octanol–water partition coefficient (Wildman–Crippen LogP) is 2.48. The predicted molar refractivity (Wildman–Crippen MR) is 109 cm³/mol. The first-order valence-electron chi connectivity index (χ1n) is 9.61. The largest absolute Gasteiger partial charge is 0.480 e. The maximum absolute atomic E-state index is 12.7. The van der Waals surface area contributed by atoms with Gasteiger partial charge in [0.1, 0.15) is 12.1 Å². The number of rotatable bonds is 3. The molecule has 0 unspecified atom stereocenters. The SMILES string of the molecule is CC(C)(C)OC(=O)N1CCN(c2cc3c(cc2Cl)CCN(CC(=O)O)C3=O)CC1. The zero-order valence-corrected chi connectivity index (χ0v) is 17.7. The molecule has 0 radical (unpaired) electrons. The minimum Gasteiger partial charge on any atom is -0.480 e. The van der Waals surface area contributed by atoms with Gasteiger partial charge in [-0.15, -0.1) is 0 Å². The van der Waals surface area contributed by atoms with Crippen LogP contribution in [0.3, 0.4) is 0 Å². The van der Waals surface area contributed by atoms with Crippen molar-refractivity contribution in [2.45, 2.75) is 32.8 Å². The van der Waals surface area contributed by atoms with E-state index in [2.05, 4.69) is 0 Å². The van der Waals surface area contributed by atoms with Gasteiger partial charge in [-0.1, -0.05) is 11.6 Å². The van der Waals surface area contributed by atoms with E-state index in [0.717, 1.165) is 11.3 Å². The Labute approximate surface area is 175 Å². The van der Waals surface area contributed by atoms with Crippen LogP contribution in [0.25, 0.3) is 0 Å². The lowest BCUT2D eigenvalue weighted by molar-refractivity contribution is -0.137. The van der Waals surface area contributed by atoms with E-state index in [-0.39, 0.29) is 18.5 Å². The Bertz CT molecular complexity index is 828. The molecule has 0 atom stereocenters. The highest BCUT2D eigenvalue weighted by molar-refractivity contribution is 6.33. The van der Waals surface area contributed by atoms with E-state index < -0.39 is 11.6 Å². The van der Waals surface area contributed by atoms with Gasteiger partial charge in [-0.3, -0.25) is 9.59 Å². The van der Waals surface area contributed by atoms with E-state index in [0.29, 0.717) is 49.7 Å². The van der Waals surface area contributed by atoms with Gasteiger partial charge in [0.15, 0.2) is 0 Å². The Kier molecular flexibility index (Phi) is 5.93. The van der Waals surface area contributed by atoms with E-state index in [1.54, 1.807) is 17.0 Å². The van der Waals surface area contributed by atoms with Crippen molar-refractivity contribution >= 4 is 35.3 Å². The molecule has 2 heterocycles. The van der Waals surface area contributed by atoms with Crippen LogP contribution in [0.15, 0.2) is 12.1 Å². The van der Waals surface area contributed by atoms with Crippen molar-refractivity contribution in [3.8, 4) is 0 Å². The standard InChI is InChI=1S/C20H26ClN3O5/c1-20(2,3)29-19(28)23-8-6-22(7-9-23)16-11-14-13(10-15(16)21)4-5-24(18(14)27)12-17(25)26/h10-11H,4-9,12H2,1-3H3,(H,25,26). The Balaban J connectivity index is 1.73. The van der Waals surface area contributed by atoms with Gasteiger partial charge >= 0.3 is 12.1 Å². The maximum atomic E-state index is 12.7. The molecule has 0 saturated carbocycles. The van der Waals surface area contributed by atoms with Gasteiger partial charge in [-0.25, -0.2) is 4.79 Å². The summed E-state index contributed by atoms with van der Waals surface area (Å²) in [6, 6.07) is 3.54. The van der Waals surface area contributed by atoms with E-state index in [1.165, 1.54) is 4.90 Å². The third-order valence-electron chi connectivity index (χ3n) is 4.94. The van der Waals surface area contributed by atoms with Crippen LogP contribution >= 0.6 is 11.6 Å². The summed E-state index contributed by atoms with van der Waals surface area (Å²) in [7, 11) is 0. The van der Waals surface area contributed by atoms with Gasteiger partial charge in [0, 0.05) is 38.3 Å². The van der Waals surface area contributed by atoms with Gasteiger partial charge in [0.2, 0.25) is 0 Å². The molecule has 29 heavy (non-hydrogen) atoms. The fraction of sp³-hybridized carbons (Fsp3) is 0.550. The van der Waals surface area contributed by atoms with Crippen LogP contribution in [0.2, 0.25) is 5.02 Å². The molecule has 0 bridgehead atoms. The fourth-order valence-electron chi connectivity index (χ4n) is 3.55. The second-order valence-corrected chi connectivity index (χ2v) is 8.69. The van der Waals surface area contributed by atoms with Crippen LogP contribution in [0, 0.1) is 0 Å². The van der Waals surface area contributed by atoms with Gasteiger partial charge in [0.25, 0.3) is 5.91 Å². The molecule has 0 aliphatic carbocycles. The number of ether oxygens (including phenoxy) is 1. The molecule has 3 rings (SSSR count). The van der Waals surface area contributed by atoms with Crippen molar-refractivity contribution in [1.29, 1.82) is 0 Å². The van der Waals surface area contributed by atoms with E-state index in [4.69, 9.17) is 21.4 Å². The second-order valence-electron chi connectivity index (χ2n) is 8.29. The highest BCUT2D eigenvalue weighted by atomic mass is 35.5. The van der Waals surface area contributed by atoms with Crippen molar-refractivity contribution in [3.05, 3.63) is 28.3 Å². The fourth-order valence-corrected chi connectivity index (χ4v) is 3.85. The minimum atomic E-state index is -1.03. The molecule has 8 nitrogen and oxygen atoms in total. The second kappa shape index (κ2) is 8.10. The third-order valence-corrected chi connectivity index (χ3v) is 5.24. The van der Waals surface area contributed by atoms with E-state index in [9.17, 15) is 14.4 Å². The van der Waals surface area contributed by atoms with Crippen LogP contribution in [-0.2, 0) is 16.0 Å². The van der Waals surface area contributed by atoms with Gasteiger partial charge in [-0.2, -0.15) is 0 Å². The summed E-state index contributed by atoms with van der Waals surface area (Å²) in [6.45, 7) is 7.64. The normalized spacial score (nSPS) is 17.2. The molecule has 1 aromatic carbocycles. The first-order chi connectivity index (χ1) is 13.5. The van der Waals surface area contributed by atoms with Crippen molar-refractivity contribution in [2.24, 2.45) is 0 Å². The minimum absolute atomic E-state index is 0.293. The summed E-state index contributed by atoms with van der Waals surface area (Å²) >= 11 is 6.48. The molecule has 158 valence electrons. The third kappa shape index (κ3) is 4.93. The van der Waals surface area contributed by atoms with Gasteiger partial charge in [0.05, 0.1) is 10.7 Å². The molecule has 1 fully saturated rings. The average Bonchev–Trinajstić information content (AvgIpc) is 2.62. The summed E-state index contributed by atoms with van der Waals surface area (Å²) in [4.78, 5) is 41.0. The zero-order chi connectivity index (χ0) is 21.3. The first kappa shape index (κ1) is 21.2. The summed E-state index contributed by atoms with van der Waals surface area (Å²) in [6.07, 6.45) is 0.231. The van der Waals surface area contributed by atoms with Crippen LogP contribution in [0.1, 0.15) is 36.7 Å². The summed E-state index contributed by atoms with van der Waals surface area (Å²) in [5.41, 5.74) is 1.50. The molecule has 1 saturated heterocycles. The summed E-state index contributed by atoms with van der Waals surface area (Å²) in [5.74, 6) is -1.33. The number of piperazine rings is 1. The Morgan fingerprint density at radius 2 is 1.79 bits per heavy atom. The molecule has 0 aromatic heterocycles. The van der Waals surface area contributed by atoms with E-state index >= 15 is 0 Å². The molecule has 1 N–H and O–H groups in total. The zero-order valence-electron chi connectivity index (χ0n) is 16.9. The van der Waals surface area contributed by atoms with Crippen molar-refractivity contribution < 1.29 is 24.2 Å². The van der Waals surface area contributed by atoms with Gasteiger partial charge in [-0.05, 0) is 44.9 Å². The number of amides is 2. The average molecular weight is 424 g/mol. The van der Waals surface area contributed by atoms with Crippen LogP contribution in [0.5, 0.6) is 0 Å². The highest BCUT2D eigenvalue weighted by Gasteiger charge is 2.30. The number of benzene rings is 1. The Hall–Kier alpha value is -2.48. The number of hydrogen-bond donors (Lipinski definition) is 1. The molecule has 2 amide bonds. The number of fused-ring (bicyclic) bond motifs is 1. The first-order valence-corrected chi connectivity index (χ1v) is 9.99. The quantitative estimate of drug-likeness (QED) is 0.803. The van der Waals surface area contributed by atoms with Crippen LogP contribution < -0.4 is 4.90 Å². The molecule has 9 heteroatoms. The number of carboxylic acids is 1. The van der Waals surface area contributed by atoms with Crippen LogP contribution in [0.4, 0.5) is 10.5 Å². The van der Waals surface area contributed by atoms with Crippen molar-refractivity contribution in [3.63, 3.8) is 0 Å². The van der Waals surface area contributed by atoms with E-state index in [1.807, 2.05) is 25.7 Å². The lowest BCUT2D eigenvalue weighted by atomic mass is 9.97. The monoisotopic (exact) mass is 423 g/mol. The van der Waals surface area contributed by atoms with Crippen LogP contribution in [-0.4, -0.2) is 77.7 Å². The lowest BCUT2D eigenvalue weighted by Gasteiger charge is -2.37. The van der Waals surface area contributed by atoms with Gasteiger partial charge < -0.3 is 24.5 Å². The molecule has 2 aliphatic rings. The molecule has 0 spiro atoms. The summed E-state index contributed by atoms with van der Waals surface area (Å²) < 4.78 is 5.42. The number of halogens is 1. The number of hydrogen-bond acceptors (Lipinski definition) is 5. The number of carbonyl (C=O) groups excluding carboxylic acids is 2. The number of anilines is 1. The lowest BCUT2D eigenvalue weighted by Crippen LogP contribution is -2.50. The number of nitrogens with zero attached hydrogens (tertiary/aromatic N) is 3. The molecule has 1 aromatic rings. The smallest absolute Gasteiger partial charge is 0.410 e. The Morgan fingerprint density at radius 1 is 1.14 bits per heavy atom. The number of carbonyl (C=O) groups is 3. The number of aliphatic carboxylic acids is 1. The highest BCUT2D eigenvalue weighted by Crippen LogP contribution is 2.33. The summed E-state index contributed by atoms with van der Waals surface area (Å²) in [5, 5.41) is 9.56. The molecular formula is C20H26ClN3O5. The Morgan fingerprint density at radius 3 is 2.38 bits per heavy atom. The topological polar surface area (TPSA) is 90.4 Å². The van der Waals surface area contributed by atoms with Crippen molar-refractivity contribution in [1.82, 2.24) is 9.80 Å². The molecular weight excluding hydrogens is 398 g/mol. The number of carboxylic acid groups (broad SMARTS) is 1. The molecule has 2 aliphatic heterocycles. The maximum Gasteiger partial charge on any atom is 0.410 e. The van der Waals surface area contributed by atoms with Crippen molar-refractivity contribution in [2.75, 3.05) is 44.2 Å².